The van der Waals surface area contributed by atoms with E-state index in [1.165, 1.54) is 0 Å². The third-order valence-electron chi connectivity index (χ3n) is 2.39. The maximum atomic E-state index is 5.18. The molecule has 2 unspecified atom stereocenters. The van der Waals surface area contributed by atoms with Gasteiger partial charge in [0.15, 0.2) is 5.82 Å². The summed E-state index contributed by atoms with van der Waals surface area (Å²) in [5.74, 6) is 1.87. The van der Waals surface area contributed by atoms with Crippen molar-refractivity contribution in [2.45, 2.75) is 46.1 Å². The summed E-state index contributed by atoms with van der Waals surface area (Å²) in [5.41, 5.74) is 0. The van der Waals surface area contributed by atoms with Crippen molar-refractivity contribution >= 4 is 0 Å². The second kappa shape index (κ2) is 5.10. The van der Waals surface area contributed by atoms with Gasteiger partial charge in [0, 0.05) is 5.92 Å². The molecule has 1 aromatic rings. The first kappa shape index (κ1) is 11.2. The molecule has 0 amide bonds. The van der Waals surface area contributed by atoms with E-state index in [1.807, 2.05) is 6.92 Å². The van der Waals surface area contributed by atoms with Crippen molar-refractivity contribution in [1.82, 2.24) is 15.5 Å². The number of nitrogens with one attached hydrogen (secondary N) is 1. The minimum atomic E-state index is 0.144. The zero-order valence-electron chi connectivity index (χ0n) is 9.37. The Hall–Kier alpha value is -0.900. The van der Waals surface area contributed by atoms with E-state index in [9.17, 15) is 0 Å². The van der Waals surface area contributed by atoms with Crippen LogP contribution in [-0.2, 0) is 0 Å². The van der Waals surface area contributed by atoms with Crippen LogP contribution in [0.25, 0.3) is 0 Å². The highest BCUT2D eigenvalue weighted by Gasteiger charge is 2.15. The smallest absolute Gasteiger partial charge is 0.243 e. The molecule has 0 bridgehead atoms. The number of rotatable bonds is 5. The van der Waals surface area contributed by atoms with Crippen LogP contribution in [0.5, 0.6) is 0 Å². The molecule has 1 heterocycles. The number of hydrogen-bond acceptors (Lipinski definition) is 4. The van der Waals surface area contributed by atoms with E-state index < -0.39 is 0 Å². The standard InChI is InChI=1S/C10H19N3O/c1-5-7(3)9-12-10(14-13-9)8(4)11-6-2/h7-8,11H,5-6H2,1-4H3. The summed E-state index contributed by atoms with van der Waals surface area (Å²) in [5, 5.41) is 7.20. The maximum Gasteiger partial charge on any atom is 0.243 e. The van der Waals surface area contributed by atoms with Crippen LogP contribution in [0.3, 0.4) is 0 Å². The van der Waals surface area contributed by atoms with E-state index in [0.29, 0.717) is 11.8 Å². The monoisotopic (exact) mass is 197 g/mol. The Bertz CT molecular complexity index is 272. The van der Waals surface area contributed by atoms with Gasteiger partial charge in [-0.25, -0.2) is 0 Å². The fourth-order valence-corrected chi connectivity index (χ4v) is 1.20. The Morgan fingerprint density at radius 3 is 2.64 bits per heavy atom. The van der Waals surface area contributed by atoms with Crippen LogP contribution >= 0.6 is 0 Å². The lowest BCUT2D eigenvalue weighted by molar-refractivity contribution is 0.337. The molecule has 0 aliphatic rings. The maximum absolute atomic E-state index is 5.18. The second-order valence-corrected chi connectivity index (χ2v) is 3.58. The van der Waals surface area contributed by atoms with E-state index in [2.05, 4.69) is 36.2 Å². The van der Waals surface area contributed by atoms with Crippen LogP contribution in [0.15, 0.2) is 4.52 Å². The predicted molar refractivity (Wildman–Crippen MR) is 55.1 cm³/mol. The summed E-state index contributed by atoms with van der Waals surface area (Å²) in [6, 6.07) is 0.144. The molecule has 4 nitrogen and oxygen atoms in total. The quantitative estimate of drug-likeness (QED) is 0.786. The molecular weight excluding hydrogens is 178 g/mol. The molecule has 0 saturated carbocycles. The number of nitrogens with zero attached hydrogens (tertiary/aromatic N) is 2. The van der Waals surface area contributed by atoms with Crippen LogP contribution < -0.4 is 5.32 Å². The molecule has 1 rings (SSSR count). The Morgan fingerprint density at radius 2 is 2.07 bits per heavy atom. The topological polar surface area (TPSA) is 51.0 Å². The van der Waals surface area contributed by atoms with Gasteiger partial charge in [0.25, 0.3) is 0 Å². The average Bonchev–Trinajstić information content (AvgIpc) is 2.66. The third-order valence-corrected chi connectivity index (χ3v) is 2.39. The van der Waals surface area contributed by atoms with Gasteiger partial charge < -0.3 is 9.84 Å². The summed E-state index contributed by atoms with van der Waals surface area (Å²) in [7, 11) is 0. The van der Waals surface area contributed by atoms with Gasteiger partial charge >= 0.3 is 0 Å². The van der Waals surface area contributed by atoms with Crippen molar-refractivity contribution in [1.29, 1.82) is 0 Å². The van der Waals surface area contributed by atoms with Crippen molar-refractivity contribution in [3.63, 3.8) is 0 Å². The van der Waals surface area contributed by atoms with E-state index in [0.717, 1.165) is 18.8 Å². The molecule has 0 fully saturated rings. The Labute approximate surface area is 85.1 Å². The van der Waals surface area contributed by atoms with E-state index in [4.69, 9.17) is 4.52 Å². The molecule has 2 atom stereocenters. The molecule has 0 aromatic carbocycles. The fraction of sp³-hybridized carbons (Fsp3) is 0.800. The number of aromatic nitrogens is 2. The molecule has 1 aromatic heterocycles. The van der Waals surface area contributed by atoms with Crippen LogP contribution in [0, 0.1) is 0 Å². The van der Waals surface area contributed by atoms with Crippen LogP contribution in [0.2, 0.25) is 0 Å². The predicted octanol–water partition coefficient (Wildman–Crippen LogP) is 2.25. The molecular formula is C10H19N3O. The van der Waals surface area contributed by atoms with Gasteiger partial charge in [-0.2, -0.15) is 4.98 Å². The minimum absolute atomic E-state index is 0.144. The van der Waals surface area contributed by atoms with E-state index in [1.54, 1.807) is 0 Å². The SMILES string of the molecule is CCNC(C)c1nc(C(C)CC)no1. The molecule has 0 saturated heterocycles. The number of hydrogen-bond donors (Lipinski definition) is 1. The zero-order valence-corrected chi connectivity index (χ0v) is 9.37. The first-order chi connectivity index (χ1) is 6.69. The fourth-order valence-electron chi connectivity index (χ4n) is 1.20. The highest BCUT2D eigenvalue weighted by molar-refractivity contribution is 4.95. The van der Waals surface area contributed by atoms with Gasteiger partial charge in [-0.15, -0.1) is 0 Å². The van der Waals surface area contributed by atoms with Gasteiger partial charge in [-0.05, 0) is 19.9 Å². The first-order valence-corrected chi connectivity index (χ1v) is 5.25. The molecule has 0 aliphatic carbocycles. The molecule has 0 aliphatic heterocycles. The highest BCUT2D eigenvalue weighted by atomic mass is 16.5. The van der Waals surface area contributed by atoms with Crippen molar-refractivity contribution < 1.29 is 4.52 Å². The van der Waals surface area contributed by atoms with Crippen LogP contribution in [0.4, 0.5) is 0 Å². The summed E-state index contributed by atoms with van der Waals surface area (Å²) >= 11 is 0. The lowest BCUT2D eigenvalue weighted by Gasteiger charge is -2.05. The van der Waals surface area contributed by atoms with Crippen LogP contribution in [0.1, 0.15) is 57.8 Å². The van der Waals surface area contributed by atoms with E-state index in [-0.39, 0.29) is 6.04 Å². The summed E-state index contributed by atoms with van der Waals surface area (Å²) in [4.78, 5) is 4.36. The first-order valence-electron chi connectivity index (χ1n) is 5.25. The van der Waals surface area contributed by atoms with Gasteiger partial charge in [0.1, 0.15) is 0 Å². The van der Waals surface area contributed by atoms with Crippen LogP contribution in [-0.4, -0.2) is 16.7 Å². The third kappa shape index (κ3) is 2.54. The van der Waals surface area contributed by atoms with Crippen molar-refractivity contribution in [2.75, 3.05) is 6.54 Å². The highest BCUT2D eigenvalue weighted by Crippen LogP contribution is 2.17. The van der Waals surface area contributed by atoms with Crippen molar-refractivity contribution in [3.05, 3.63) is 11.7 Å². The summed E-state index contributed by atoms with van der Waals surface area (Å²) in [6.07, 6.45) is 1.04. The average molecular weight is 197 g/mol. The second-order valence-electron chi connectivity index (χ2n) is 3.58. The lowest BCUT2D eigenvalue weighted by atomic mass is 10.1. The molecule has 80 valence electrons. The largest absolute Gasteiger partial charge is 0.338 e. The molecule has 4 heteroatoms. The van der Waals surface area contributed by atoms with E-state index >= 15 is 0 Å². The minimum Gasteiger partial charge on any atom is -0.338 e. The normalized spacial score (nSPS) is 15.4. The molecule has 14 heavy (non-hydrogen) atoms. The summed E-state index contributed by atoms with van der Waals surface area (Å²) < 4.78 is 5.18. The molecule has 1 N–H and O–H groups in total. The summed E-state index contributed by atoms with van der Waals surface area (Å²) in [6.45, 7) is 9.21. The van der Waals surface area contributed by atoms with Gasteiger partial charge in [0.05, 0.1) is 6.04 Å². The van der Waals surface area contributed by atoms with Gasteiger partial charge in [-0.1, -0.05) is 25.9 Å². The lowest BCUT2D eigenvalue weighted by Crippen LogP contribution is -2.18. The zero-order chi connectivity index (χ0) is 10.6. The molecule has 0 spiro atoms. The van der Waals surface area contributed by atoms with Crippen molar-refractivity contribution in [2.24, 2.45) is 0 Å². The molecule has 0 radical (unpaired) electrons. The van der Waals surface area contributed by atoms with Gasteiger partial charge in [-0.3, -0.25) is 0 Å². The Kier molecular flexibility index (Phi) is 4.07. The Morgan fingerprint density at radius 1 is 1.36 bits per heavy atom. The van der Waals surface area contributed by atoms with Crippen molar-refractivity contribution in [3.8, 4) is 0 Å². The Balaban J connectivity index is 2.67. The van der Waals surface area contributed by atoms with Gasteiger partial charge in [0.2, 0.25) is 5.89 Å².